The fourth-order valence-corrected chi connectivity index (χ4v) is 0. The molecule has 0 aliphatic carbocycles. The van der Waals surface area contributed by atoms with Crippen LogP contribution in [0.3, 0.4) is 0 Å². The Hall–Kier alpha value is 0.790. The van der Waals surface area contributed by atoms with E-state index >= 15 is 0 Å². The molecule has 0 bridgehead atoms. The van der Waals surface area contributed by atoms with Crippen molar-refractivity contribution in [3.05, 3.63) is 0 Å². The summed E-state index contributed by atoms with van der Waals surface area (Å²) in [6.07, 6.45) is 0. The van der Waals surface area contributed by atoms with Crippen LogP contribution in [0.25, 0.3) is 0 Å². The van der Waals surface area contributed by atoms with Crippen molar-refractivity contribution in [1.29, 1.82) is 0 Å². The summed E-state index contributed by atoms with van der Waals surface area (Å²) in [7, 11) is -4.67. The van der Waals surface area contributed by atoms with Gasteiger partial charge in [-0.3, -0.25) is 9.11 Å². The van der Waals surface area contributed by atoms with Crippen molar-refractivity contribution in [2.75, 3.05) is 13.2 Å². The zero-order chi connectivity index (χ0) is 9.91. The summed E-state index contributed by atoms with van der Waals surface area (Å²) in [6.45, 7) is 3.75. The second kappa shape index (κ2) is 17.8. The van der Waals surface area contributed by atoms with Crippen molar-refractivity contribution in [3.8, 4) is 0 Å². The average molecular weight is 214 g/mol. The van der Waals surface area contributed by atoms with Gasteiger partial charge in [-0.25, -0.2) is 0 Å². The number of hydrogen-bond acceptors (Lipinski definition) is 4. The van der Waals surface area contributed by atoms with Crippen LogP contribution >= 0.6 is 0 Å². The molecule has 12 heavy (non-hydrogen) atoms. The molecule has 0 aromatic rings. The van der Waals surface area contributed by atoms with Gasteiger partial charge in [-0.15, -0.1) is 0 Å². The van der Waals surface area contributed by atoms with E-state index in [0.29, 0.717) is 0 Å². The minimum absolute atomic E-state index is 0. The monoisotopic (exact) mass is 214 g/mol. The normalized spacial score (nSPS) is 7.83. The third-order valence-electron chi connectivity index (χ3n) is 0.1000. The predicted octanol–water partition coefficient (Wildman–Crippen LogP) is -1.30. The van der Waals surface area contributed by atoms with Crippen LogP contribution in [0.5, 0.6) is 0 Å². The minimum atomic E-state index is -4.67. The Morgan fingerprint density at radius 3 is 1.08 bits per heavy atom. The number of hydrogen-bond donors (Lipinski definition) is 4. The molecular formula is C4H15NaO6S. The Morgan fingerprint density at radius 1 is 1.00 bits per heavy atom. The van der Waals surface area contributed by atoms with Crippen molar-refractivity contribution in [3.63, 3.8) is 0 Å². The standard InChI is InChI=1S/C2H6O2.C2H6.Na.H2O4S.H/c3-1-2-4;1-2;;1-5(2,3)4;/h3-4H,1-2H2;1-2H3;;(H2,1,2,3,4);. The Bertz CT molecular complexity index is 122. The molecule has 0 aromatic heterocycles. The van der Waals surface area contributed by atoms with E-state index < -0.39 is 10.4 Å². The molecule has 0 saturated carbocycles. The zero-order valence-corrected chi connectivity index (χ0v) is 7.24. The number of aliphatic hydroxyl groups is 2. The van der Waals surface area contributed by atoms with Crippen LogP contribution in [0, 0.1) is 0 Å². The summed E-state index contributed by atoms with van der Waals surface area (Å²) in [5.41, 5.74) is 0. The molecule has 0 spiro atoms. The van der Waals surface area contributed by atoms with Crippen molar-refractivity contribution in [2.45, 2.75) is 13.8 Å². The first-order chi connectivity index (χ1) is 4.91. The van der Waals surface area contributed by atoms with Crippen LogP contribution in [-0.4, -0.2) is 70.5 Å². The third-order valence-corrected chi connectivity index (χ3v) is 0.1000. The van der Waals surface area contributed by atoms with Gasteiger partial charge in [0.1, 0.15) is 0 Å². The Balaban J connectivity index is -0.0000000419. The summed E-state index contributed by atoms with van der Waals surface area (Å²) in [6, 6.07) is 0. The van der Waals surface area contributed by atoms with E-state index in [1.807, 2.05) is 13.8 Å². The van der Waals surface area contributed by atoms with Crippen LogP contribution in [0.4, 0.5) is 0 Å². The second-order valence-corrected chi connectivity index (χ2v) is 1.79. The van der Waals surface area contributed by atoms with E-state index in [2.05, 4.69) is 0 Å². The predicted molar refractivity (Wildman–Crippen MR) is 46.8 cm³/mol. The molecule has 0 saturated heterocycles. The molecule has 8 heteroatoms. The maximum atomic E-state index is 8.74. The summed E-state index contributed by atoms with van der Waals surface area (Å²) in [5, 5.41) is 15.2. The van der Waals surface area contributed by atoms with Gasteiger partial charge in [0.05, 0.1) is 13.2 Å². The quantitative estimate of drug-likeness (QED) is 0.318. The number of aliphatic hydroxyl groups excluding tert-OH is 2. The Kier molecular flexibility index (Phi) is 34.1. The SMILES string of the molecule is CC.O=S(=O)(O)O.OCCO.[NaH]. The molecule has 0 unspecified atom stereocenters. The van der Waals surface area contributed by atoms with Crippen molar-refractivity contribution >= 4 is 40.0 Å². The first-order valence-corrected chi connectivity index (χ1v) is 4.23. The van der Waals surface area contributed by atoms with Crippen LogP contribution in [0.2, 0.25) is 0 Å². The van der Waals surface area contributed by atoms with Crippen molar-refractivity contribution in [2.24, 2.45) is 0 Å². The van der Waals surface area contributed by atoms with E-state index in [0.717, 1.165) is 0 Å². The van der Waals surface area contributed by atoms with Crippen LogP contribution < -0.4 is 0 Å². The fraction of sp³-hybridized carbons (Fsp3) is 1.00. The summed E-state index contributed by atoms with van der Waals surface area (Å²) in [5.74, 6) is 0. The van der Waals surface area contributed by atoms with Crippen molar-refractivity contribution in [1.82, 2.24) is 0 Å². The van der Waals surface area contributed by atoms with Gasteiger partial charge < -0.3 is 10.2 Å². The molecule has 0 radical (unpaired) electrons. The molecule has 4 N–H and O–H groups in total. The van der Waals surface area contributed by atoms with E-state index in [1.165, 1.54) is 0 Å². The summed E-state index contributed by atoms with van der Waals surface area (Å²) >= 11 is 0. The van der Waals surface area contributed by atoms with Crippen molar-refractivity contribution < 1.29 is 27.7 Å². The van der Waals surface area contributed by atoms with Crippen LogP contribution in [0.1, 0.15) is 13.8 Å². The van der Waals surface area contributed by atoms with Gasteiger partial charge in [-0.1, -0.05) is 13.8 Å². The van der Waals surface area contributed by atoms with Gasteiger partial charge >= 0.3 is 40.0 Å². The van der Waals surface area contributed by atoms with E-state index in [1.54, 1.807) is 0 Å². The molecular weight excluding hydrogens is 199 g/mol. The van der Waals surface area contributed by atoms with E-state index in [-0.39, 0.29) is 42.8 Å². The Labute approximate surface area is 94.5 Å². The molecule has 0 heterocycles. The van der Waals surface area contributed by atoms with Gasteiger partial charge in [0.2, 0.25) is 0 Å². The van der Waals surface area contributed by atoms with E-state index in [9.17, 15) is 0 Å². The molecule has 6 nitrogen and oxygen atoms in total. The molecule has 0 fully saturated rings. The molecule has 0 aromatic carbocycles. The van der Waals surface area contributed by atoms with Gasteiger partial charge in [0.25, 0.3) is 0 Å². The summed E-state index contributed by atoms with van der Waals surface area (Å²) < 4.78 is 31.6. The molecule has 0 rings (SSSR count). The molecule has 0 amide bonds. The van der Waals surface area contributed by atoms with Gasteiger partial charge in [-0.2, -0.15) is 8.42 Å². The Morgan fingerprint density at radius 2 is 1.08 bits per heavy atom. The maximum absolute atomic E-state index is 8.74. The van der Waals surface area contributed by atoms with Crippen LogP contribution in [0.15, 0.2) is 0 Å². The van der Waals surface area contributed by atoms with Gasteiger partial charge in [-0.05, 0) is 0 Å². The molecule has 0 atom stereocenters. The number of rotatable bonds is 1. The third kappa shape index (κ3) is 323. The molecule has 0 aliphatic heterocycles. The molecule has 74 valence electrons. The first kappa shape index (κ1) is 23.0. The topological polar surface area (TPSA) is 115 Å². The average Bonchev–Trinajstić information content (AvgIpc) is 1.89. The van der Waals surface area contributed by atoms with Crippen LogP contribution in [-0.2, 0) is 10.4 Å². The summed E-state index contributed by atoms with van der Waals surface area (Å²) in [4.78, 5) is 0. The van der Waals surface area contributed by atoms with Gasteiger partial charge in [0.15, 0.2) is 0 Å². The molecule has 0 aliphatic rings. The zero-order valence-electron chi connectivity index (χ0n) is 6.43. The first-order valence-electron chi connectivity index (χ1n) is 2.83. The van der Waals surface area contributed by atoms with E-state index in [4.69, 9.17) is 27.7 Å². The fourth-order valence-electron chi connectivity index (χ4n) is 0. The van der Waals surface area contributed by atoms with Gasteiger partial charge in [0, 0.05) is 0 Å². The second-order valence-electron chi connectivity index (χ2n) is 0.895.